The number of esters is 1. The molecule has 0 aromatic heterocycles. The number of carbonyl (C=O) groups excluding carboxylic acids is 5. The van der Waals surface area contributed by atoms with E-state index in [9.17, 15) is 28.4 Å². The maximum atomic E-state index is 14.6. The first-order valence-electron chi connectivity index (χ1n) is 12.1. The van der Waals surface area contributed by atoms with E-state index in [1.807, 2.05) is 0 Å². The lowest BCUT2D eigenvalue weighted by Crippen LogP contribution is -2.56. The number of anilines is 2. The Balaban J connectivity index is 1.55. The number of benzene rings is 2. The van der Waals surface area contributed by atoms with Gasteiger partial charge in [0.05, 0.1) is 25.4 Å². The third kappa shape index (κ3) is 6.38. The molecule has 2 heterocycles. The summed E-state index contributed by atoms with van der Waals surface area (Å²) in [7, 11) is 0. The fourth-order valence-electron chi connectivity index (χ4n) is 4.22. The molecule has 3 N–H and O–H groups in total. The lowest BCUT2D eigenvalue weighted by Gasteiger charge is -2.35. The molecular weight excluding hydrogens is 515 g/mol. The molecule has 13 heteroatoms. The van der Waals surface area contributed by atoms with E-state index >= 15 is 0 Å². The second kappa shape index (κ2) is 12.0. The van der Waals surface area contributed by atoms with Crippen LogP contribution in [0.5, 0.6) is 0 Å². The maximum Gasteiger partial charge on any atom is 0.303 e. The van der Waals surface area contributed by atoms with Gasteiger partial charge >= 0.3 is 5.97 Å². The molecule has 0 radical (unpaired) electrons. The first kappa shape index (κ1) is 27.7. The Morgan fingerprint density at radius 1 is 1.05 bits per heavy atom. The zero-order valence-electron chi connectivity index (χ0n) is 21.1. The van der Waals surface area contributed by atoms with Gasteiger partial charge in [-0.2, -0.15) is 0 Å². The number of halogens is 1. The quantitative estimate of drug-likeness (QED) is 0.484. The van der Waals surface area contributed by atoms with E-state index in [1.54, 1.807) is 0 Å². The van der Waals surface area contributed by atoms with E-state index in [4.69, 9.17) is 19.9 Å². The minimum atomic E-state index is -1.66. The lowest BCUT2D eigenvalue weighted by atomic mass is 10.1. The highest BCUT2D eigenvalue weighted by Gasteiger charge is 2.43. The molecule has 2 aliphatic heterocycles. The highest BCUT2D eigenvalue weighted by molar-refractivity contribution is 6.05. The molecule has 4 rings (SSSR count). The van der Waals surface area contributed by atoms with Gasteiger partial charge in [0.2, 0.25) is 12.0 Å². The molecule has 2 unspecified atom stereocenters. The number of hydrogen-bond donors (Lipinski definition) is 2. The van der Waals surface area contributed by atoms with Gasteiger partial charge in [0, 0.05) is 43.5 Å². The van der Waals surface area contributed by atoms with Crippen molar-refractivity contribution in [3.05, 3.63) is 59.4 Å². The van der Waals surface area contributed by atoms with Gasteiger partial charge in [-0.25, -0.2) is 4.39 Å². The SMILES string of the molecule is CC(=O)OC(C(=O)Nc1ccc(C(N)=O)cc1)C1OCCN(c2ccc(F)c(C(=O)N3CCOCC3)c2)C1=O. The standard InChI is InChI=1S/C26H27FN4O8/c1-15(32)39-21(24(34)29-17-4-2-16(3-5-17)23(28)33)22-26(36)31(10-13-38-22)18-6-7-20(27)19(14-18)25(35)30-8-11-37-12-9-30/h2-7,14,21-22H,8-13H2,1H3,(H2,28,33)(H,29,34). The molecule has 2 aliphatic rings. The minimum Gasteiger partial charge on any atom is -0.449 e. The minimum absolute atomic E-state index is 0.0289. The number of morpholine rings is 2. The van der Waals surface area contributed by atoms with Crippen LogP contribution in [0.25, 0.3) is 0 Å². The van der Waals surface area contributed by atoms with E-state index in [2.05, 4.69) is 5.32 Å². The average molecular weight is 543 g/mol. The molecule has 2 fully saturated rings. The predicted octanol–water partition coefficient (Wildman–Crippen LogP) is 0.699. The maximum absolute atomic E-state index is 14.6. The van der Waals surface area contributed by atoms with Gasteiger partial charge in [-0.05, 0) is 42.5 Å². The zero-order chi connectivity index (χ0) is 28.1. The number of primary amides is 1. The van der Waals surface area contributed by atoms with Crippen molar-refractivity contribution >= 4 is 41.0 Å². The summed E-state index contributed by atoms with van der Waals surface area (Å²) < 4.78 is 30.6. The third-order valence-electron chi connectivity index (χ3n) is 6.18. The monoisotopic (exact) mass is 542 g/mol. The molecule has 0 saturated carbocycles. The summed E-state index contributed by atoms with van der Waals surface area (Å²) in [6.07, 6.45) is -3.18. The van der Waals surface area contributed by atoms with Gasteiger partial charge in [-0.3, -0.25) is 24.0 Å². The Labute approximate surface area is 222 Å². The number of carbonyl (C=O) groups is 5. The Morgan fingerprint density at radius 3 is 2.38 bits per heavy atom. The van der Waals surface area contributed by atoms with Crippen LogP contribution in [-0.4, -0.2) is 86.2 Å². The van der Waals surface area contributed by atoms with Crippen LogP contribution in [-0.2, 0) is 28.6 Å². The first-order chi connectivity index (χ1) is 18.7. The molecule has 2 aromatic carbocycles. The summed E-state index contributed by atoms with van der Waals surface area (Å²) in [4.78, 5) is 65.3. The molecule has 2 aromatic rings. The van der Waals surface area contributed by atoms with Crippen molar-refractivity contribution in [1.29, 1.82) is 0 Å². The number of nitrogens with one attached hydrogen (secondary N) is 1. The summed E-state index contributed by atoms with van der Waals surface area (Å²) in [5, 5.41) is 2.52. The topological polar surface area (TPSA) is 158 Å². The number of amides is 4. The highest BCUT2D eigenvalue weighted by Crippen LogP contribution is 2.25. The highest BCUT2D eigenvalue weighted by atomic mass is 19.1. The third-order valence-corrected chi connectivity index (χ3v) is 6.18. The van der Waals surface area contributed by atoms with E-state index < -0.39 is 47.6 Å². The van der Waals surface area contributed by atoms with Crippen LogP contribution >= 0.6 is 0 Å². The first-order valence-corrected chi connectivity index (χ1v) is 12.1. The van der Waals surface area contributed by atoms with Crippen LogP contribution in [0.3, 0.4) is 0 Å². The number of hydrogen-bond acceptors (Lipinski definition) is 8. The van der Waals surface area contributed by atoms with Crippen molar-refractivity contribution in [2.45, 2.75) is 19.1 Å². The Bertz CT molecular complexity index is 1280. The number of nitrogens with two attached hydrogens (primary N) is 1. The van der Waals surface area contributed by atoms with Crippen LogP contribution in [0.4, 0.5) is 15.8 Å². The molecule has 206 valence electrons. The van der Waals surface area contributed by atoms with Gasteiger partial charge in [0.15, 0.2) is 6.10 Å². The van der Waals surface area contributed by atoms with Crippen LogP contribution in [0.1, 0.15) is 27.6 Å². The zero-order valence-corrected chi connectivity index (χ0v) is 21.1. The van der Waals surface area contributed by atoms with Crippen LogP contribution in [0, 0.1) is 5.82 Å². The largest absolute Gasteiger partial charge is 0.449 e. The Morgan fingerprint density at radius 2 is 1.74 bits per heavy atom. The van der Waals surface area contributed by atoms with Crippen molar-refractivity contribution in [2.24, 2.45) is 5.73 Å². The second-order valence-electron chi connectivity index (χ2n) is 8.81. The van der Waals surface area contributed by atoms with E-state index in [0.29, 0.717) is 26.3 Å². The van der Waals surface area contributed by atoms with Gasteiger partial charge in [0.25, 0.3) is 17.7 Å². The molecule has 0 aliphatic carbocycles. The summed E-state index contributed by atoms with van der Waals surface area (Å²) >= 11 is 0. The van der Waals surface area contributed by atoms with Gasteiger partial charge in [-0.15, -0.1) is 0 Å². The molecule has 2 atom stereocenters. The van der Waals surface area contributed by atoms with Gasteiger partial charge in [-0.1, -0.05) is 0 Å². The fraction of sp³-hybridized carbons (Fsp3) is 0.346. The van der Waals surface area contributed by atoms with Crippen LogP contribution < -0.4 is 16.0 Å². The van der Waals surface area contributed by atoms with Crippen molar-refractivity contribution in [2.75, 3.05) is 49.7 Å². The van der Waals surface area contributed by atoms with Gasteiger partial charge < -0.3 is 35.1 Å². The van der Waals surface area contributed by atoms with Crippen molar-refractivity contribution in [1.82, 2.24) is 4.90 Å². The van der Waals surface area contributed by atoms with Crippen molar-refractivity contribution < 1.29 is 42.6 Å². The molecule has 12 nitrogen and oxygen atoms in total. The van der Waals surface area contributed by atoms with E-state index in [1.165, 1.54) is 46.2 Å². The van der Waals surface area contributed by atoms with E-state index in [-0.39, 0.29) is 35.7 Å². The Hall–Kier alpha value is -4.36. The molecule has 0 bridgehead atoms. The van der Waals surface area contributed by atoms with Gasteiger partial charge in [0.1, 0.15) is 5.82 Å². The Kier molecular flexibility index (Phi) is 8.52. The number of ether oxygens (including phenoxy) is 3. The molecule has 2 saturated heterocycles. The molecule has 4 amide bonds. The van der Waals surface area contributed by atoms with E-state index in [0.717, 1.165) is 13.0 Å². The smallest absolute Gasteiger partial charge is 0.303 e. The fourth-order valence-corrected chi connectivity index (χ4v) is 4.22. The molecule has 0 spiro atoms. The van der Waals surface area contributed by atoms with Crippen LogP contribution in [0.15, 0.2) is 42.5 Å². The summed E-state index contributed by atoms with van der Waals surface area (Å²) in [6.45, 7) is 2.40. The lowest BCUT2D eigenvalue weighted by molar-refractivity contribution is -0.167. The molecule has 39 heavy (non-hydrogen) atoms. The number of rotatable bonds is 7. The summed E-state index contributed by atoms with van der Waals surface area (Å²) in [6, 6.07) is 9.34. The summed E-state index contributed by atoms with van der Waals surface area (Å²) in [5.41, 5.74) is 5.71. The normalized spacial score (nSPS) is 18.3. The van der Waals surface area contributed by atoms with Crippen molar-refractivity contribution in [3.63, 3.8) is 0 Å². The summed E-state index contributed by atoms with van der Waals surface area (Å²) in [5.74, 6) is -4.32. The number of nitrogens with zero attached hydrogens (tertiary/aromatic N) is 2. The average Bonchev–Trinajstić information content (AvgIpc) is 2.92. The van der Waals surface area contributed by atoms with Crippen molar-refractivity contribution in [3.8, 4) is 0 Å². The second-order valence-corrected chi connectivity index (χ2v) is 8.81. The predicted molar refractivity (Wildman–Crippen MR) is 134 cm³/mol. The van der Waals surface area contributed by atoms with Crippen LogP contribution in [0.2, 0.25) is 0 Å². The molecular formula is C26H27FN4O8.